The molecule has 0 aliphatic heterocycles. The maximum Gasteiger partial charge on any atom is 0.306 e. The maximum absolute atomic E-state index is 12.7. The highest BCUT2D eigenvalue weighted by molar-refractivity contribution is 5.71. The summed E-state index contributed by atoms with van der Waals surface area (Å²) in [6.45, 7) is 6.49. The van der Waals surface area contributed by atoms with Crippen molar-refractivity contribution in [3.05, 3.63) is 60.8 Å². The van der Waals surface area contributed by atoms with Crippen LogP contribution in [0, 0.1) is 0 Å². The van der Waals surface area contributed by atoms with Gasteiger partial charge >= 0.3 is 17.9 Å². The van der Waals surface area contributed by atoms with E-state index in [0.717, 1.165) is 57.8 Å². The predicted octanol–water partition coefficient (Wildman–Crippen LogP) is 15.3. The van der Waals surface area contributed by atoms with Gasteiger partial charge < -0.3 is 14.2 Å². The minimum Gasteiger partial charge on any atom is -0.462 e. The number of carbonyl (C=O) groups is 3. The summed E-state index contributed by atoms with van der Waals surface area (Å²) in [5, 5.41) is 0. The molecule has 0 saturated carbocycles. The molecule has 0 aliphatic carbocycles. The minimum absolute atomic E-state index is 0.105. The molecule has 6 nitrogen and oxygen atoms in total. The lowest BCUT2D eigenvalue weighted by Crippen LogP contribution is -2.30. The Morgan fingerprint density at radius 1 is 0.351 bits per heavy atom. The first kappa shape index (κ1) is 54.1. The van der Waals surface area contributed by atoms with E-state index < -0.39 is 6.10 Å². The standard InChI is InChI=1S/C51H88O6/c1-4-7-10-13-16-19-21-23-24-25-26-28-29-32-35-38-41-44-50(53)56-47-48(46-55-49(52)43-40-37-34-31-18-15-12-9-6-3)57-51(54)45-42-39-36-33-30-27-22-20-17-14-11-8-5-2/h16,19,23-24,26,28,31-32,34-35,48H,4-15,17-18,20-22,25,27,29-30,33,36-47H2,1-3H3/b19-16-,24-23-,28-26-,34-31-,35-32-. The van der Waals surface area contributed by atoms with Gasteiger partial charge in [-0.25, -0.2) is 0 Å². The number of rotatable bonds is 42. The Morgan fingerprint density at radius 2 is 0.649 bits per heavy atom. The van der Waals surface area contributed by atoms with Crippen LogP contribution in [0.5, 0.6) is 0 Å². The van der Waals surface area contributed by atoms with Crippen LogP contribution in [0.4, 0.5) is 0 Å². The molecule has 328 valence electrons. The Morgan fingerprint density at radius 3 is 1.09 bits per heavy atom. The van der Waals surface area contributed by atoms with E-state index in [1.54, 1.807) is 0 Å². The summed E-state index contributed by atoms with van der Waals surface area (Å²) in [6.07, 6.45) is 55.0. The summed E-state index contributed by atoms with van der Waals surface area (Å²) < 4.78 is 16.6. The van der Waals surface area contributed by atoms with Crippen molar-refractivity contribution in [2.45, 2.75) is 232 Å². The Kier molecular flexibility index (Phi) is 43.5. The molecule has 0 N–H and O–H groups in total. The Bertz CT molecular complexity index is 1050. The molecular formula is C51H88O6. The zero-order valence-electron chi connectivity index (χ0n) is 37.3. The van der Waals surface area contributed by atoms with Crippen molar-refractivity contribution < 1.29 is 28.6 Å². The smallest absolute Gasteiger partial charge is 0.306 e. The van der Waals surface area contributed by atoms with Gasteiger partial charge in [-0.05, 0) is 77.0 Å². The van der Waals surface area contributed by atoms with Crippen molar-refractivity contribution in [3.8, 4) is 0 Å². The van der Waals surface area contributed by atoms with Crippen molar-refractivity contribution >= 4 is 17.9 Å². The van der Waals surface area contributed by atoms with Crippen LogP contribution in [0.2, 0.25) is 0 Å². The number of allylic oxidation sites excluding steroid dienone is 10. The molecule has 57 heavy (non-hydrogen) atoms. The van der Waals surface area contributed by atoms with E-state index in [1.807, 2.05) is 0 Å². The van der Waals surface area contributed by atoms with Crippen molar-refractivity contribution in [2.24, 2.45) is 0 Å². The summed E-state index contributed by atoms with van der Waals surface area (Å²) in [6, 6.07) is 0. The molecule has 0 fully saturated rings. The molecule has 0 aromatic rings. The first-order valence-electron chi connectivity index (χ1n) is 23.8. The van der Waals surface area contributed by atoms with Gasteiger partial charge in [-0.1, -0.05) is 191 Å². The largest absolute Gasteiger partial charge is 0.462 e. The van der Waals surface area contributed by atoms with E-state index in [2.05, 4.69) is 81.5 Å². The fourth-order valence-corrected chi connectivity index (χ4v) is 6.38. The molecule has 0 saturated heterocycles. The molecule has 0 rings (SSSR count). The van der Waals surface area contributed by atoms with Gasteiger partial charge in [-0.3, -0.25) is 14.4 Å². The average molecular weight is 797 g/mol. The van der Waals surface area contributed by atoms with Crippen molar-refractivity contribution in [2.75, 3.05) is 13.2 Å². The molecule has 6 heteroatoms. The fraction of sp³-hybridized carbons (Fsp3) is 0.745. The zero-order chi connectivity index (χ0) is 41.5. The SMILES string of the molecule is CCCCC/C=C\C/C=C\C/C=C\C/C=C\CCCC(=O)OCC(COC(=O)CCC/C=C\CCCCCC)OC(=O)CCCCCCCCCCCCCCC. The summed E-state index contributed by atoms with van der Waals surface area (Å²) in [7, 11) is 0. The van der Waals surface area contributed by atoms with Crippen molar-refractivity contribution in [1.29, 1.82) is 0 Å². The Labute approximate surface area is 351 Å². The van der Waals surface area contributed by atoms with Crippen LogP contribution in [0.3, 0.4) is 0 Å². The van der Waals surface area contributed by atoms with E-state index in [0.29, 0.717) is 25.7 Å². The van der Waals surface area contributed by atoms with Gasteiger partial charge in [0.05, 0.1) is 0 Å². The lowest BCUT2D eigenvalue weighted by atomic mass is 10.0. The van der Waals surface area contributed by atoms with Gasteiger partial charge in [0.1, 0.15) is 13.2 Å². The normalized spacial score (nSPS) is 12.5. The summed E-state index contributed by atoms with van der Waals surface area (Å²) in [5.74, 6) is -0.995. The third kappa shape index (κ3) is 44.1. The van der Waals surface area contributed by atoms with E-state index in [-0.39, 0.29) is 37.5 Å². The summed E-state index contributed by atoms with van der Waals surface area (Å²) in [5.41, 5.74) is 0. The van der Waals surface area contributed by atoms with Crippen LogP contribution >= 0.6 is 0 Å². The first-order chi connectivity index (χ1) is 28.0. The second kappa shape index (κ2) is 45.8. The van der Waals surface area contributed by atoms with E-state index in [4.69, 9.17) is 14.2 Å². The average Bonchev–Trinajstić information content (AvgIpc) is 3.21. The number of esters is 3. The van der Waals surface area contributed by atoms with Crippen LogP contribution < -0.4 is 0 Å². The number of hydrogen-bond acceptors (Lipinski definition) is 6. The van der Waals surface area contributed by atoms with Gasteiger partial charge in [0.15, 0.2) is 6.10 Å². The van der Waals surface area contributed by atoms with Gasteiger partial charge in [-0.15, -0.1) is 0 Å². The fourth-order valence-electron chi connectivity index (χ4n) is 6.38. The Balaban J connectivity index is 4.45. The lowest BCUT2D eigenvalue weighted by molar-refractivity contribution is -0.167. The van der Waals surface area contributed by atoms with Crippen LogP contribution in [-0.4, -0.2) is 37.2 Å². The predicted molar refractivity (Wildman–Crippen MR) is 242 cm³/mol. The third-order valence-corrected chi connectivity index (χ3v) is 9.99. The molecule has 1 atom stereocenters. The van der Waals surface area contributed by atoms with Crippen LogP contribution in [0.25, 0.3) is 0 Å². The number of hydrogen-bond donors (Lipinski definition) is 0. The molecular weight excluding hydrogens is 709 g/mol. The molecule has 1 unspecified atom stereocenters. The highest BCUT2D eigenvalue weighted by Crippen LogP contribution is 2.14. The highest BCUT2D eigenvalue weighted by atomic mass is 16.6. The number of unbranched alkanes of at least 4 members (excludes halogenated alkanes) is 21. The summed E-state index contributed by atoms with van der Waals surface area (Å²) >= 11 is 0. The monoisotopic (exact) mass is 797 g/mol. The molecule has 0 aromatic carbocycles. The van der Waals surface area contributed by atoms with Crippen LogP contribution in [0.1, 0.15) is 226 Å². The number of ether oxygens (including phenoxy) is 3. The molecule has 0 amide bonds. The van der Waals surface area contributed by atoms with Gasteiger partial charge in [0.25, 0.3) is 0 Å². The maximum atomic E-state index is 12.7. The van der Waals surface area contributed by atoms with Crippen LogP contribution in [0.15, 0.2) is 60.8 Å². The van der Waals surface area contributed by atoms with Gasteiger partial charge in [0.2, 0.25) is 0 Å². The van der Waals surface area contributed by atoms with E-state index in [1.165, 1.54) is 116 Å². The van der Waals surface area contributed by atoms with E-state index >= 15 is 0 Å². The molecule has 0 spiro atoms. The quantitative estimate of drug-likeness (QED) is 0.0265. The molecule has 0 heterocycles. The lowest BCUT2D eigenvalue weighted by Gasteiger charge is -2.18. The molecule has 0 aliphatic rings. The summed E-state index contributed by atoms with van der Waals surface area (Å²) in [4.78, 5) is 37.7. The molecule has 0 radical (unpaired) electrons. The van der Waals surface area contributed by atoms with Crippen molar-refractivity contribution in [1.82, 2.24) is 0 Å². The minimum atomic E-state index is -0.802. The number of carbonyl (C=O) groups excluding carboxylic acids is 3. The Hall–Kier alpha value is -2.89. The van der Waals surface area contributed by atoms with Gasteiger partial charge in [-0.2, -0.15) is 0 Å². The van der Waals surface area contributed by atoms with Crippen LogP contribution in [-0.2, 0) is 28.6 Å². The highest BCUT2D eigenvalue weighted by Gasteiger charge is 2.19. The molecule has 0 bridgehead atoms. The topological polar surface area (TPSA) is 78.9 Å². The first-order valence-corrected chi connectivity index (χ1v) is 23.8. The zero-order valence-corrected chi connectivity index (χ0v) is 37.3. The third-order valence-electron chi connectivity index (χ3n) is 9.99. The molecule has 0 aromatic heterocycles. The van der Waals surface area contributed by atoms with Crippen molar-refractivity contribution in [3.63, 3.8) is 0 Å². The van der Waals surface area contributed by atoms with E-state index in [9.17, 15) is 14.4 Å². The second-order valence-corrected chi connectivity index (χ2v) is 15.7. The second-order valence-electron chi connectivity index (χ2n) is 15.7. The van der Waals surface area contributed by atoms with Gasteiger partial charge in [0, 0.05) is 19.3 Å².